The van der Waals surface area contributed by atoms with Gasteiger partial charge in [0.1, 0.15) is 36.3 Å². The third-order valence-corrected chi connectivity index (χ3v) is 7.59. The average molecular weight is 720 g/mol. The smallest absolute Gasteiger partial charge is 0.325 e. The molecule has 0 aliphatic carbocycles. The largest absolute Gasteiger partial charge is 0.481 e. The van der Waals surface area contributed by atoms with Crippen molar-refractivity contribution in [2.75, 3.05) is 12.0 Å². The predicted octanol–water partition coefficient (Wildman–Crippen LogP) is -2.49. The van der Waals surface area contributed by atoms with Crippen molar-refractivity contribution in [2.45, 2.75) is 109 Å². The van der Waals surface area contributed by atoms with E-state index in [-0.39, 0.29) is 12.8 Å². The van der Waals surface area contributed by atoms with Crippen molar-refractivity contribution < 1.29 is 58.5 Å². The predicted molar refractivity (Wildman–Crippen MR) is 176 cm³/mol. The first-order valence-corrected chi connectivity index (χ1v) is 16.8. The minimum atomic E-state index is -1.48. The standard InChI is InChI=1S/C29H49N7O12S/c1-13(2)22(28(46)32-16(5)29(47)48)36-27(45)18(8-10-21(39)40)35-26(44)19(11-12-49-6)34-24(42)15(4)31-25(43)17(7-9-20(37)38)33-23(41)14(3)30/h13-19,22H,7-12,30H2,1-6H3,(H,31,43)(H,32,46)(H,33,41)(H,34,42)(H,35,44)(H,36,45)(H,37,38)(H,39,40)(H,47,48)/t14-,15-,16-,17-,18-,19-,22-/m0/s1. The number of amides is 6. The second-order valence-corrected chi connectivity index (χ2v) is 12.6. The maximum absolute atomic E-state index is 13.4. The molecule has 0 aromatic heterocycles. The van der Waals surface area contributed by atoms with Gasteiger partial charge in [-0.3, -0.25) is 43.2 Å². The summed E-state index contributed by atoms with van der Waals surface area (Å²) in [5.74, 6) is -9.09. The fourth-order valence-electron chi connectivity index (χ4n) is 3.98. The molecule has 0 radical (unpaired) electrons. The summed E-state index contributed by atoms with van der Waals surface area (Å²) < 4.78 is 0. The zero-order chi connectivity index (χ0) is 38.0. The van der Waals surface area contributed by atoms with Gasteiger partial charge in [0.2, 0.25) is 35.4 Å². The number of carboxylic acids is 3. The van der Waals surface area contributed by atoms with Crippen LogP contribution in [0.4, 0.5) is 0 Å². The normalized spacial score (nSPS) is 15.2. The maximum atomic E-state index is 13.4. The highest BCUT2D eigenvalue weighted by molar-refractivity contribution is 7.98. The van der Waals surface area contributed by atoms with Crippen LogP contribution in [0.3, 0.4) is 0 Å². The Morgan fingerprint density at radius 2 is 0.959 bits per heavy atom. The van der Waals surface area contributed by atoms with Gasteiger partial charge >= 0.3 is 17.9 Å². The van der Waals surface area contributed by atoms with Crippen LogP contribution in [0.25, 0.3) is 0 Å². The van der Waals surface area contributed by atoms with Crippen LogP contribution in [0.5, 0.6) is 0 Å². The van der Waals surface area contributed by atoms with Crippen LogP contribution in [-0.4, -0.2) is 123 Å². The molecular weight excluding hydrogens is 670 g/mol. The molecule has 7 atom stereocenters. The molecule has 0 aliphatic rings. The lowest BCUT2D eigenvalue weighted by Gasteiger charge is -2.27. The zero-order valence-corrected chi connectivity index (χ0v) is 29.2. The summed E-state index contributed by atoms with van der Waals surface area (Å²) >= 11 is 1.33. The molecule has 0 spiro atoms. The van der Waals surface area contributed by atoms with Crippen molar-refractivity contribution in [1.82, 2.24) is 31.9 Å². The quantitative estimate of drug-likeness (QED) is 0.0522. The topological polar surface area (TPSA) is 313 Å². The molecule has 0 rings (SSSR count). The first-order chi connectivity index (χ1) is 22.7. The van der Waals surface area contributed by atoms with Crippen LogP contribution in [0, 0.1) is 5.92 Å². The summed E-state index contributed by atoms with van der Waals surface area (Å²) in [6.07, 6.45) is 0.0486. The van der Waals surface area contributed by atoms with E-state index in [0.29, 0.717) is 5.75 Å². The van der Waals surface area contributed by atoms with E-state index in [0.717, 1.165) is 0 Å². The van der Waals surface area contributed by atoms with Crippen molar-refractivity contribution in [2.24, 2.45) is 11.7 Å². The van der Waals surface area contributed by atoms with E-state index in [1.54, 1.807) is 20.1 Å². The lowest BCUT2D eigenvalue weighted by molar-refractivity contribution is -0.142. The highest BCUT2D eigenvalue weighted by Crippen LogP contribution is 2.08. The van der Waals surface area contributed by atoms with Gasteiger partial charge in [-0.15, -0.1) is 0 Å². The molecule has 0 unspecified atom stereocenters. The molecule has 0 saturated heterocycles. The van der Waals surface area contributed by atoms with Gasteiger partial charge in [0.15, 0.2) is 0 Å². The van der Waals surface area contributed by atoms with E-state index >= 15 is 0 Å². The Bertz CT molecular complexity index is 1220. The molecule has 0 aliphatic heterocycles. The van der Waals surface area contributed by atoms with E-state index < -0.39 is 121 Å². The maximum Gasteiger partial charge on any atom is 0.325 e. The van der Waals surface area contributed by atoms with E-state index in [2.05, 4.69) is 31.9 Å². The molecule has 6 amide bonds. The van der Waals surface area contributed by atoms with E-state index in [4.69, 9.17) is 15.9 Å². The summed E-state index contributed by atoms with van der Waals surface area (Å²) in [4.78, 5) is 111. The number of nitrogens with one attached hydrogen (secondary N) is 6. The van der Waals surface area contributed by atoms with Gasteiger partial charge in [-0.2, -0.15) is 11.8 Å². The zero-order valence-electron chi connectivity index (χ0n) is 28.4. The molecule has 49 heavy (non-hydrogen) atoms. The molecule has 0 bridgehead atoms. The molecule has 19 nitrogen and oxygen atoms in total. The van der Waals surface area contributed by atoms with Gasteiger partial charge in [-0.05, 0) is 58.0 Å². The Morgan fingerprint density at radius 1 is 0.551 bits per heavy atom. The number of carbonyl (C=O) groups excluding carboxylic acids is 6. The summed E-state index contributed by atoms with van der Waals surface area (Å²) in [6, 6.07) is -8.91. The third kappa shape index (κ3) is 17.5. The van der Waals surface area contributed by atoms with Crippen molar-refractivity contribution in [3.8, 4) is 0 Å². The number of carboxylic acid groups (broad SMARTS) is 3. The van der Waals surface area contributed by atoms with Crippen molar-refractivity contribution in [3.63, 3.8) is 0 Å². The molecule has 11 N–H and O–H groups in total. The molecule has 0 heterocycles. The number of hydrogen-bond donors (Lipinski definition) is 10. The van der Waals surface area contributed by atoms with E-state index in [1.165, 1.54) is 32.5 Å². The highest BCUT2D eigenvalue weighted by Gasteiger charge is 2.33. The van der Waals surface area contributed by atoms with Crippen LogP contribution >= 0.6 is 11.8 Å². The van der Waals surface area contributed by atoms with Crippen molar-refractivity contribution >= 4 is 65.1 Å². The molecular formula is C29H49N7O12S. The third-order valence-electron chi connectivity index (χ3n) is 6.95. The lowest BCUT2D eigenvalue weighted by atomic mass is 10.0. The number of hydrogen-bond acceptors (Lipinski definition) is 11. The number of thioether (sulfide) groups is 1. The van der Waals surface area contributed by atoms with Crippen LogP contribution in [0.2, 0.25) is 0 Å². The molecule has 0 saturated carbocycles. The van der Waals surface area contributed by atoms with E-state index in [1.807, 2.05) is 0 Å². The lowest BCUT2D eigenvalue weighted by Crippen LogP contribution is -2.60. The monoisotopic (exact) mass is 719 g/mol. The Labute approximate surface area is 288 Å². The van der Waals surface area contributed by atoms with Gasteiger partial charge < -0.3 is 53.0 Å². The second-order valence-electron chi connectivity index (χ2n) is 11.6. The van der Waals surface area contributed by atoms with Crippen LogP contribution in [0.15, 0.2) is 0 Å². The van der Waals surface area contributed by atoms with Crippen LogP contribution in [-0.2, 0) is 43.2 Å². The number of aliphatic carboxylic acids is 3. The van der Waals surface area contributed by atoms with E-state index in [9.17, 15) is 48.3 Å². The van der Waals surface area contributed by atoms with Gasteiger partial charge in [0.05, 0.1) is 6.04 Å². The van der Waals surface area contributed by atoms with Crippen LogP contribution in [0.1, 0.15) is 66.7 Å². The highest BCUT2D eigenvalue weighted by atomic mass is 32.2. The SMILES string of the molecule is CSCC[C@H](NC(=O)[C@H](C)NC(=O)[C@H](CCC(=O)O)NC(=O)[C@H](C)N)C(=O)N[C@@H](CCC(=O)O)C(=O)N[C@H](C(=O)N[C@@H](C)C(=O)O)C(C)C. The Balaban J connectivity index is 5.93. The summed E-state index contributed by atoms with van der Waals surface area (Å²) in [6.45, 7) is 7.02. The summed E-state index contributed by atoms with van der Waals surface area (Å²) in [7, 11) is 0. The summed E-state index contributed by atoms with van der Waals surface area (Å²) in [5.41, 5.74) is 5.52. The molecule has 0 aromatic rings. The van der Waals surface area contributed by atoms with Gasteiger partial charge in [0.25, 0.3) is 0 Å². The molecule has 20 heteroatoms. The van der Waals surface area contributed by atoms with Crippen molar-refractivity contribution in [3.05, 3.63) is 0 Å². The fraction of sp³-hybridized carbons (Fsp3) is 0.690. The number of nitrogens with two attached hydrogens (primary N) is 1. The van der Waals surface area contributed by atoms with Gasteiger partial charge in [-0.25, -0.2) is 0 Å². The minimum absolute atomic E-state index is 0.0441. The Kier molecular flexibility index (Phi) is 20.2. The second kappa shape index (κ2) is 22.2. The van der Waals surface area contributed by atoms with Crippen molar-refractivity contribution in [1.29, 1.82) is 0 Å². The number of carbonyl (C=O) groups is 9. The first-order valence-electron chi connectivity index (χ1n) is 15.4. The molecule has 278 valence electrons. The molecule has 0 aromatic carbocycles. The molecule has 0 fully saturated rings. The summed E-state index contributed by atoms with van der Waals surface area (Å²) in [5, 5.41) is 41.6. The first kappa shape index (κ1) is 44.5. The number of rotatable bonds is 23. The van der Waals surface area contributed by atoms with Gasteiger partial charge in [0, 0.05) is 12.8 Å². The Morgan fingerprint density at radius 3 is 1.39 bits per heavy atom. The minimum Gasteiger partial charge on any atom is -0.481 e. The van der Waals surface area contributed by atoms with Gasteiger partial charge in [-0.1, -0.05) is 13.8 Å². The Hall–Kier alpha value is -4.46. The fourth-order valence-corrected chi connectivity index (χ4v) is 4.45. The van der Waals surface area contributed by atoms with Crippen LogP contribution < -0.4 is 37.6 Å². The average Bonchev–Trinajstić information content (AvgIpc) is 3.00.